The van der Waals surface area contributed by atoms with Crippen molar-refractivity contribution in [1.29, 1.82) is 0 Å². The van der Waals surface area contributed by atoms with Crippen LogP contribution in [0.2, 0.25) is 0 Å². The van der Waals surface area contributed by atoms with Gasteiger partial charge in [0.15, 0.2) is 0 Å². The molecule has 2 heterocycles. The van der Waals surface area contributed by atoms with Gasteiger partial charge in [0.25, 0.3) is 10.0 Å². The first-order valence-corrected chi connectivity index (χ1v) is 16.7. The predicted octanol–water partition coefficient (Wildman–Crippen LogP) is 6.95. The van der Waals surface area contributed by atoms with E-state index < -0.39 is 39.4 Å². The van der Waals surface area contributed by atoms with E-state index >= 15 is 0 Å². The summed E-state index contributed by atoms with van der Waals surface area (Å²) in [5, 5.41) is 9.72. The van der Waals surface area contributed by atoms with E-state index in [0.717, 1.165) is 15.9 Å². The van der Waals surface area contributed by atoms with Crippen LogP contribution in [-0.2, 0) is 27.4 Å². The fourth-order valence-electron chi connectivity index (χ4n) is 5.59. The molecule has 0 saturated carbocycles. The molecule has 0 spiro atoms. The van der Waals surface area contributed by atoms with Crippen molar-refractivity contribution >= 4 is 44.4 Å². The van der Waals surface area contributed by atoms with Crippen LogP contribution in [0.15, 0.2) is 76.0 Å². The predicted molar refractivity (Wildman–Crippen MR) is 174 cm³/mol. The topological polar surface area (TPSA) is 121 Å². The summed E-state index contributed by atoms with van der Waals surface area (Å²) in [6, 6.07) is 16.2. The van der Waals surface area contributed by atoms with Crippen molar-refractivity contribution in [3.63, 3.8) is 0 Å². The minimum absolute atomic E-state index is 0.111. The summed E-state index contributed by atoms with van der Waals surface area (Å²) < 4.78 is 84.2. The number of furan rings is 1. The van der Waals surface area contributed by atoms with Crippen LogP contribution < -0.4 is 9.21 Å². The molecule has 1 N–H and O–H groups in total. The van der Waals surface area contributed by atoms with Gasteiger partial charge in [-0.1, -0.05) is 30.3 Å². The monoisotopic (exact) mass is 687 g/mol. The Labute approximate surface area is 276 Å². The third-order valence-electron chi connectivity index (χ3n) is 7.98. The lowest BCUT2D eigenvalue weighted by Gasteiger charge is -2.38. The van der Waals surface area contributed by atoms with Crippen molar-refractivity contribution in [2.45, 2.75) is 50.8 Å². The molecule has 10 nitrogen and oxygen atoms in total. The van der Waals surface area contributed by atoms with Crippen molar-refractivity contribution in [2.75, 3.05) is 41.9 Å². The average molecular weight is 688 g/mol. The summed E-state index contributed by atoms with van der Waals surface area (Å²) in [6.07, 6.45) is -5.18. The van der Waals surface area contributed by atoms with Crippen LogP contribution in [0.25, 0.3) is 11.0 Å². The number of hydrogen-bond acceptors (Lipinski definition) is 7. The number of ether oxygens (including phenoxy) is 1. The van der Waals surface area contributed by atoms with Crippen molar-refractivity contribution in [1.82, 2.24) is 4.90 Å². The van der Waals surface area contributed by atoms with Gasteiger partial charge in [-0.3, -0.25) is 4.31 Å². The second-order valence-corrected chi connectivity index (χ2v) is 14.3. The number of carbonyl (C=O) groups is 2. The third-order valence-corrected chi connectivity index (χ3v) is 9.81. The summed E-state index contributed by atoms with van der Waals surface area (Å²) in [5.74, 6) is -1.65. The molecule has 1 aromatic heterocycles. The lowest BCUT2D eigenvalue weighted by Crippen LogP contribution is -2.50. The highest BCUT2D eigenvalue weighted by molar-refractivity contribution is 7.92. The van der Waals surface area contributed by atoms with Gasteiger partial charge in [-0.15, -0.1) is 0 Å². The number of carboxylic acid groups (broad SMARTS) is 1. The Balaban J connectivity index is 1.52. The standard InChI is InChI=1S/C34H36F3N3O7S/c1-22-26-21-25(11-13-29(26)46-30(22)31(41)42)48(44,45)40(15-14-23-8-6-5-7-9-23)24-10-12-28(27(20-24)34(35,36)37)38-16-18-39(19-17-38)32(43)47-33(2,3)4/h5-13,20-21H,14-19H2,1-4H3,(H,41,42). The van der Waals surface area contributed by atoms with Crippen LogP contribution in [0, 0.1) is 6.92 Å². The molecular formula is C34H36F3N3O7S. The lowest BCUT2D eigenvalue weighted by molar-refractivity contribution is -0.137. The second-order valence-electron chi connectivity index (χ2n) is 12.5. The number of hydrogen-bond donors (Lipinski definition) is 1. The Morgan fingerprint density at radius 3 is 2.23 bits per heavy atom. The number of sulfonamides is 1. The van der Waals surface area contributed by atoms with E-state index in [4.69, 9.17) is 9.15 Å². The number of nitrogens with zero attached hydrogens (tertiary/aromatic N) is 3. The molecule has 1 fully saturated rings. The van der Waals surface area contributed by atoms with Gasteiger partial charge in [-0.25, -0.2) is 18.0 Å². The fourth-order valence-corrected chi connectivity index (χ4v) is 7.08. The summed E-state index contributed by atoms with van der Waals surface area (Å²) in [6.45, 7) is 7.01. The number of piperazine rings is 1. The Hall–Kier alpha value is -4.72. The summed E-state index contributed by atoms with van der Waals surface area (Å²) in [5.41, 5.74) is -0.892. The highest BCUT2D eigenvalue weighted by Crippen LogP contribution is 2.41. The Morgan fingerprint density at radius 2 is 1.62 bits per heavy atom. The quantitative estimate of drug-likeness (QED) is 0.211. The van der Waals surface area contributed by atoms with Crippen LogP contribution in [0.4, 0.5) is 29.3 Å². The molecule has 1 aliphatic rings. The fraction of sp³-hybridized carbons (Fsp3) is 0.353. The first-order chi connectivity index (χ1) is 22.5. The molecule has 0 radical (unpaired) electrons. The molecule has 1 amide bonds. The molecule has 0 atom stereocenters. The SMILES string of the molecule is Cc1c(C(=O)O)oc2ccc(S(=O)(=O)N(CCc3ccccc3)c3ccc(N4CCN(C(=O)OC(C)(C)C)CC4)c(C(F)(F)F)c3)cc12. The summed E-state index contributed by atoms with van der Waals surface area (Å²) in [7, 11) is -4.47. The Morgan fingerprint density at radius 1 is 0.958 bits per heavy atom. The number of anilines is 2. The van der Waals surface area contributed by atoms with Crippen molar-refractivity contribution in [3.8, 4) is 0 Å². The maximum atomic E-state index is 14.7. The normalized spacial score (nSPS) is 14.3. The van der Waals surface area contributed by atoms with Crippen LogP contribution in [0.3, 0.4) is 0 Å². The van der Waals surface area contributed by atoms with Gasteiger partial charge >= 0.3 is 18.2 Å². The van der Waals surface area contributed by atoms with Crippen LogP contribution in [-0.4, -0.2) is 68.8 Å². The zero-order chi connectivity index (χ0) is 35.0. The van der Waals surface area contributed by atoms with Gasteiger partial charge in [0.1, 0.15) is 11.2 Å². The number of aromatic carboxylic acids is 1. The average Bonchev–Trinajstić information content (AvgIpc) is 3.36. The number of rotatable bonds is 8. The van der Waals surface area contributed by atoms with Crippen molar-refractivity contribution in [3.05, 3.63) is 89.2 Å². The van der Waals surface area contributed by atoms with Gasteiger partial charge in [0, 0.05) is 49.4 Å². The number of aryl methyl sites for hydroxylation is 1. The van der Waals surface area contributed by atoms with Crippen LogP contribution >= 0.6 is 0 Å². The molecule has 0 unspecified atom stereocenters. The van der Waals surface area contributed by atoms with E-state index in [9.17, 15) is 36.3 Å². The number of benzene rings is 3. The number of halogens is 3. The molecule has 4 aromatic rings. The Bertz CT molecular complexity index is 1930. The molecule has 0 aliphatic carbocycles. The number of alkyl halides is 3. The minimum Gasteiger partial charge on any atom is -0.475 e. The molecule has 3 aromatic carbocycles. The highest BCUT2D eigenvalue weighted by Gasteiger charge is 2.38. The number of amides is 1. The molecule has 0 bridgehead atoms. The van der Waals surface area contributed by atoms with E-state index in [0.29, 0.717) is 0 Å². The second kappa shape index (κ2) is 13.1. The van der Waals surface area contributed by atoms with Gasteiger partial charge in [0.2, 0.25) is 5.76 Å². The molecule has 14 heteroatoms. The van der Waals surface area contributed by atoms with Crippen LogP contribution in [0.5, 0.6) is 0 Å². The molecular weight excluding hydrogens is 651 g/mol. The van der Waals surface area contributed by atoms with Gasteiger partial charge in [0.05, 0.1) is 16.1 Å². The molecule has 256 valence electrons. The van der Waals surface area contributed by atoms with Gasteiger partial charge in [-0.2, -0.15) is 13.2 Å². The smallest absolute Gasteiger partial charge is 0.418 e. The minimum atomic E-state index is -4.83. The third kappa shape index (κ3) is 7.38. The molecule has 5 rings (SSSR count). The van der Waals surface area contributed by atoms with Gasteiger partial charge < -0.3 is 24.1 Å². The van der Waals surface area contributed by atoms with E-state index in [-0.39, 0.29) is 77.7 Å². The highest BCUT2D eigenvalue weighted by atomic mass is 32.2. The number of carboxylic acids is 1. The Kier molecular flexibility index (Phi) is 9.42. The van der Waals surface area contributed by atoms with Crippen LogP contribution in [0.1, 0.15) is 48.0 Å². The van der Waals surface area contributed by atoms with Crippen molar-refractivity contribution < 1.29 is 45.4 Å². The first-order valence-electron chi connectivity index (χ1n) is 15.2. The zero-order valence-electron chi connectivity index (χ0n) is 26.9. The maximum absolute atomic E-state index is 14.7. The van der Waals surface area contributed by atoms with E-state index in [1.807, 2.05) is 0 Å². The lowest BCUT2D eigenvalue weighted by atomic mass is 10.1. The zero-order valence-corrected chi connectivity index (χ0v) is 27.7. The molecule has 1 saturated heterocycles. The van der Waals surface area contributed by atoms with Crippen molar-refractivity contribution in [2.24, 2.45) is 0 Å². The summed E-state index contributed by atoms with van der Waals surface area (Å²) in [4.78, 5) is 26.8. The van der Waals surface area contributed by atoms with E-state index in [2.05, 4.69) is 0 Å². The summed E-state index contributed by atoms with van der Waals surface area (Å²) >= 11 is 0. The molecule has 48 heavy (non-hydrogen) atoms. The van der Waals surface area contributed by atoms with E-state index in [1.54, 1.807) is 51.1 Å². The first kappa shape index (κ1) is 34.6. The molecule has 1 aliphatic heterocycles. The van der Waals surface area contributed by atoms with E-state index in [1.165, 1.54) is 47.1 Å². The largest absolute Gasteiger partial charge is 0.475 e. The number of fused-ring (bicyclic) bond motifs is 1. The maximum Gasteiger partial charge on any atom is 0.418 e. The number of carbonyl (C=O) groups excluding carboxylic acids is 1. The van der Waals surface area contributed by atoms with Gasteiger partial charge in [-0.05, 0) is 76.1 Å².